The molecule has 0 aliphatic heterocycles. The molecule has 4 rings (SSSR count). The SMILES string of the molecule is [CH3-].[Ir].[Y].[c-]1cccc2c1c1ncoc1c1cccn21. The number of benzene rings is 1. The summed E-state index contributed by atoms with van der Waals surface area (Å²) in [5.41, 5.74) is 3.84. The molecule has 0 fully saturated rings. The number of fused-ring (bicyclic) bond motifs is 6. The summed E-state index contributed by atoms with van der Waals surface area (Å²) in [5, 5.41) is 0.995. The predicted molar refractivity (Wildman–Crippen MR) is 67.7 cm³/mol. The van der Waals surface area contributed by atoms with Crippen molar-refractivity contribution >= 4 is 27.5 Å². The summed E-state index contributed by atoms with van der Waals surface area (Å²) in [6.45, 7) is 0. The van der Waals surface area contributed by atoms with E-state index < -0.39 is 0 Å². The summed E-state index contributed by atoms with van der Waals surface area (Å²) >= 11 is 0. The molecule has 3 nitrogen and oxygen atoms in total. The van der Waals surface area contributed by atoms with Gasteiger partial charge in [-0.1, -0.05) is 5.39 Å². The largest absolute Gasteiger partial charge is 0.452 e. The van der Waals surface area contributed by atoms with Crippen LogP contribution in [0.2, 0.25) is 0 Å². The summed E-state index contributed by atoms with van der Waals surface area (Å²) in [6, 6.07) is 13.2. The van der Waals surface area contributed by atoms with Gasteiger partial charge in [-0.3, -0.25) is 4.98 Å². The van der Waals surface area contributed by atoms with E-state index in [-0.39, 0.29) is 60.2 Å². The molecule has 0 saturated carbocycles. The maximum Gasteiger partial charge on any atom is 0.171 e. The van der Waals surface area contributed by atoms with Crippen LogP contribution in [0.1, 0.15) is 0 Å². The monoisotopic (exact) mass is 504 g/mol. The Morgan fingerprint density at radius 2 is 1.95 bits per heavy atom. The Morgan fingerprint density at radius 3 is 2.79 bits per heavy atom. The Labute approximate surface area is 149 Å². The minimum atomic E-state index is 0. The van der Waals surface area contributed by atoms with Gasteiger partial charge in [0, 0.05) is 58.3 Å². The zero-order valence-corrected chi connectivity index (χ0v) is 15.5. The molecule has 0 amide bonds. The van der Waals surface area contributed by atoms with Crippen molar-refractivity contribution in [3.8, 4) is 0 Å². The van der Waals surface area contributed by atoms with E-state index in [1.165, 1.54) is 6.39 Å². The molecule has 0 unspecified atom stereocenters. The van der Waals surface area contributed by atoms with E-state index in [9.17, 15) is 0 Å². The average molecular weight is 503 g/mol. The first-order valence-corrected chi connectivity index (χ1v) is 5.08. The van der Waals surface area contributed by atoms with Crippen molar-refractivity contribution in [3.63, 3.8) is 0 Å². The van der Waals surface area contributed by atoms with Crippen LogP contribution < -0.4 is 0 Å². The Kier molecular flexibility index (Phi) is 5.46. The van der Waals surface area contributed by atoms with E-state index in [0.29, 0.717) is 0 Å². The van der Waals surface area contributed by atoms with Gasteiger partial charge in [0.05, 0.1) is 5.52 Å². The molecule has 2 radical (unpaired) electrons. The van der Waals surface area contributed by atoms with Gasteiger partial charge in [0.1, 0.15) is 5.58 Å². The van der Waals surface area contributed by atoms with E-state index in [4.69, 9.17) is 4.42 Å². The van der Waals surface area contributed by atoms with Crippen LogP contribution in [-0.4, -0.2) is 9.38 Å². The number of oxazole rings is 1. The molecule has 0 atom stereocenters. The molecular formula is C14H10IrN2OY-2. The molecule has 3 heterocycles. The molecule has 0 spiro atoms. The molecule has 96 valence electrons. The summed E-state index contributed by atoms with van der Waals surface area (Å²) in [4.78, 5) is 4.27. The number of nitrogens with zero attached hydrogens (tertiary/aromatic N) is 2. The Hall–Kier alpha value is -0.537. The summed E-state index contributed by atoms with van der Waals surface area (Å²) in [5.74, 6) is 0. The third kappa shape index (κ3) is 2.32. The Morgan fingerprint density at radius 1 is 1.16 bits per heavy atom. The van der Waals surface area contributed by atoms with Crippen LogP contribution in [0.3, 0.4) is 0 Å². The molecule has 0 N–H and O–H groups in total. The minimum Gasteiger partial charge on any atom is -0.452 e. The van der Waals surface area contributed by atoms with Crippen molar-refractivity contribution in [1.29, 1.82) is 0 Å². The van der Waals surface area contributed by atoms with Gasteiger partial charge >= 0.3 is 0 Å². The van der Waals surface area contributed by atoms with Gasteiger partial charge < -0.3 is 16.2 Å². The van der Waals surface area contributed by atoms with E-state index in [1.54, 1.807) is 0 Å². The fraction of sp³-hybridized carbons (Fsp3) is 0. The van der Waals surface area contributed by atoms with Gasteiger partial charge in [-0.25, -0.2) is 0 Å². The summed E-state index contributed by atoms with van der Waals surface area (Å²) in [7, 11) is 0. The second-order valence-electron chi connectivity index (χ2n) is 3.72. The number of hydrogen-bond acceptors (Lipinski definition) is 2. The van der Waals surface area contributed by atoms with Crippen LogP contribution in [0.15, 0.2) is 47.3 Å². The maximum atomic E-state index is 5.45. The number of rotatable bonds is 0. The molecule has 1 aromatic carbocycles. The molecule has 0 aliphatic rings. The molecule has 0 saturated heterocycles. The quantitative estimate of drug-likeness (QED) is 0.344. The van der Waals surface area contributed by atoms with Crippen LogP contribution in [0.25, 0.3) is 27.5 Å². The predicted octanol–water partition coefficient (Wildman–Crippen LogP) is 3.48. The van der Waals surface area contributed by atoms with Crippen molar-refractivity contribution in [2.75, 3.05) is 0 Å². The van der Waals surface area contributed by atoms with Crippen molar-refractivity contribution in [2.24, 2.45) is 0 Å². The van der Waals surface area contributed by atoms with Gasteiger partial charge in [-0.15, -0.1) is 24.3 Å². The zero-order valence-electron chi connectivity index (χ0n) is 10.3. The van der Waals surface area contributed by atoms with Gasteiger partial charge in [0.15, 0.2) is 6.39 Å². The van der Waals surface area contributed by atoms with Crippen molar-refractivity contribution in [3.05, 3.63) is 56.4 Å². The van der Waals surface area contributed by atoms with Crippen molar-refractivity contribution in [1.82, 2.24) is 9.38 Å². The molecule has 19 heavy (non-hydrogen) atoms. The van der Waals surface area contributed by atoms with Crippen LogP contribution in [-0.2, 0) is 52.8 Å². The van der Waals surface area contributed by atoms with Crippen molar-refractivity contribution < 1.29 is 57.2 Å². The first kappa shape index (κ1) is 16.5. The number of aromatic nitrogens is 2. The second-order valence-corrected chi connectivity index (χ2v) is 3.72. The van der Waals surface area contributed by atoms with E-state index >= 15 is 0 Å². The van der Waals surface area contributed by atoms with Gasteiger partial charge in [-0.2, -0.15) is 0 Å². The van der Waals surface area contributed by atoms with Crippen LogP contribution in [0.4, 0.5) is 0 Å². The number of hydrogen-bond donors (Lipinski definition) is 0. The smallest absolute Gasteiger partial charge is 0.171 e. The molecule has 5 heteroatoms. The first-order valence-electron chi connectivity index (χ1n) is 5.08. The fourth-order valence-corrected chi connectivity index (χ4v) is 2.20. The fourth-order valence-electron chi connectivity index (χ4n) is 2.20. The normalized spacial score (nSPS) is 9.89. The maximum absolute atomic E-state index is 5.45. The Bertz CT molecular complexity index is 753. The van der Waals surface area contributed by atoms with Crippen molar-refractivity contribution in [2.45, 2.75) is 0 Å². The standard InChI is InChI=1S/C13H7N2O.CH3.Ir.Y/c1-2-5-10-9(4-1)12-13(16-8-14-12)11-6-3-7-15(10)11;;;/h1-3,5-8H;1H3;;/q2*-1;;. The van der Waals surface area contributed by atoms with Crippen LogP contribution in [0.5, 0.6) is 0 Å². The van der Waals surface area contributed by atoms with Gasteiger partial charge in [0.2, 0.25) is 0 Å². The van der Waals surface area contributed by atoms with E-state index in [1.807, 2.05) is 30.5 Å². The van der Waals surface area contributed by atoms with E-state index in [0.717, 1.165) is 27.5 Å². The second kappa shape index (κ2) is 6.28. The Balaban J connectivity index is 0.000000602. The first-order chi connectivity index (χ1) is 7.95. The minimum absolute atomic E-state index is 0. The molecule has 0 aliphatic carbocycles. The van der Waals surface area contributed by atoms with Crippen LogP contribution >= 0.6 is 0 Å². The number of pyridine rings is 1. The van der Waals surface area contributed by atoms with Crippen LogP contribution in [0, 0.1) is 13.5 Å². The molecule has 3 aromatic heterocycles. The van der Waals surface area contributed by atoms with E-state index in [2.05, 4.69) is 21.5 Å². The third-order valence-electron chi connectivity index (χ3n) is 2.88. The average Bonchev–Trinajstić information content (AvgIpc) is 2.98. The van der Waals surface area contributed by atoms with Gasteiger partial charge in [0.25, 0.3) is 0 Å². The molecule has 0 bridgehead atoms. The zero-order chi connectivity index (χ0) is 10.5. The summed E-state index contributed by atoms with van der Waals surface area (Å²) < 4.78 is 7.54. The topological polar surface area (TPSA) is 30.4 Å². The molecular weight excluding hydrogens is 493 g/mol. The van der Waals surface area contributed by atoms with Gasteiger partial charge in [-0.05, 0) is 23.8 Å². The summed E-state index contributed by atoms with van der Waals surface area (Å²) in [6.07, 6.45) is 3.51. The molecule has 4 aromatic rings. The third-order valence-corrected chi connectivity index (χ3v) is 2.88.